The normalized spacial score (nSPS) is 27.5. The van der Waals surface area contributed by atoms with E-state index in [2.05, 4.69) is 25.4 Å². The molecule has 5 nitrogen and oxygen atoms in total. The molecule has 3 rings (SSSR count). The summed E-state index contributed by atoms with van der Waals surface area (Å²) >= 11 is 0. The van der Waals surface area contributed by atoms with Gasteiger partial charge in [-0.1, -0.05) is 0 Å². The lowest BCUT2D eigenvalue weighted by atomic mass is 9.94. The van der Waals surface area contributed by atoms with E-state index in [0.717, 1.165) is 24.2 Å². The Kier molecular flexibility index (Phi) is 3.61. The topological polar surface area (TPSA) is 56.8 Å². The van der Waals surface area contributed by atoms with Gasteiger partial charge in [-0.15, -0.1) is 0 Å². The molecule has 2 aliphatic rings. The summed E-state index contributed by atoms with van der Waals surface area (Å²) in [7, 11) is 0. The van der Waals surface area contributed by atoms with Crippen LogP contribution in [0.15, 0.2) is 0 Å². The number of rotatable bonds is 2. The summed E-state index contributed by atoms with van der Waals surface area (Å²) in [4.78, 5) is 7.18. The number of aromatic nitrogens is 3. The molecule has 0 radical (unpaired) electrons. The van der Waals surface area contributed by atoms with Gasteiger partial charge in [0.15, 0.2) is 5.82 Å². The summed E-state index contributed by atoms with van der Waals surface area (Å²) in [5.74, 6) is 2.48. The van der Waals surface area contributed by atoms with Gasteiger partial charge in [0.05, 0.1) is 0 Å². The Morgan fingerprint density at radius 3 is 2.78 bits per heavy atom. The van der Waals surface area contributed by atoms with Crippen molar-refractivity contribution in [2.24, 2.45) is 0 Å². The van der Waals surface area contributed by atoms with Gasteiger partial charge in [-0.05, 0) is 52.2 Å². The predicted octanol–water partition coefficient (Wildman–Crippen LogP) is 1.04. The van der Waals surface area contributed by atoms with Gasteiger partial charge >= 0.3 is 0 Å². The molecule has 5 heteroatoms. The standard InChI is InChI=1S/C13H23N5/c1-10-15-13(17-16-10)11-3-2-8-18(9-11)12-4-6-14-7-5-12/h11-12,14H,2-9H2,1H3,(H,15,16,17)/t11-/m0/s1. The lowest BCUT2D eigenvalue weighted by molar-refractivity contribution is 0.121. The van der Waals surface area contributed by atoms with Crippen LogP contribution in [0.4, 0.5) is 0 Å². The highest BCUT2D eigenvalue weighted by molar-refractivity contribution is 5.00. The van der Waals surface area contributed by atoms with Crippen LogP contribution in [0.1, 0.15) is 43.3 Å². The largest absolute Gasteiger partial charge is 0.317 e. The molecule has 0 aromatic carbocycles. The molecule has 0 spiro atoms. The summed E-state index contributed by atoms with van der Waals surface area (Å²) in [6.07, 6.45) is 5.10. The highest BCUT2D eigenvalue weighted by Crippen LogP contribution is 2.27. The van der Waals surface area contributed by atoms with E-state index in [-0.39, 0.29) is 0 Å². The zero-order chi connectivity index (χ0) is 12.4. The first-order valence-corrected chi connectivity index (χ1v) is 7.16. The molecule has 100 valence electrons. The number of piperidine rings is 2. The van der Waals surface area contributed by atoms with E-state index in [0.29, 0.717) is 5.92 Å². The van der Waals surface area contributed by atoms with Crippen LogP contribution in [0.5, 0.6) is 0 Å². The molecule has 0 saturated carbocycles. The van der Waals surface area contributed by atoms with Crippen LogP contribution in [0.2, 0.25) is 0 Å². The quantitative estimate of drug-likeness (QED) is 0.822. The Balaban J connectivity index is 1.64. The maximum atomic E-state index is 4.51. The van der Waals surface area contributed by atoms with E-state index in [1.165, 1.54) is 45.3 Å². The van der Waals surface area contributed by atoms with Crippen molar-refractivity contribution in [2.75, 3.05) is 26.2 Å². The molecule has 1 aromatic rings. The fraction of sp³-hybridized carbons (Fsp3) is 0.846. The van der Waals surface area contributed by atoms with E-state index in [1.807, 2.05) is 6.92 Å². The number of likely N-dealkylation sites (tertiary alicyclic amines) is 1. The molecule has 0 amide bonds. The van der Waals surface area contributed by atoms with Crippen molar-refractivity contribution in [3.63, 3.8) is 0 Å². The Labute approximate surface area is 108 Å². The van der Waals surface area contributed by atoms with Crippen LogP contribution in [0.3, 0.4) is 0 Å². The zero-order valence-electron chi connectivity index (χ0n) is 11.2. The Hall–Kier alpha value is -0.940. The Bertz CT molecular complexity index is 382. The van der Waals surface area contributed by atoms with Crippen molar-refractivity contribution in [2.45, 2.75) is 44.6 Å². The summed E-state index contributed by atoms with van der Waals surface area (Å²) in [6, 6.07) is 0.772. The minimum atomic E-state index is 0.526. The molecule has 2 N–H and O–H groups in total. The maximum absolute atomic E-state index is 4.51. The SMILES string of the molecule is Cc1nc([C@H]2CCCN(C3CCNCC3)C2)n[nH]1. The van der Waals surface area contributed by atoms with E-state index >= 15 is 0 Å². The number of aromatic amines is 1. The van der Waals surface area contributed by atoms with Gasteiger partial charge in [0.2, 0.25) is 0 Å². The predicted molar refractivity (Wildman–Crippen MR) is 70.6 cm³/mol. The van der Waals surface area contributed by atoms with Gasteiger partial charge in [-0.2, -0.15) is 5.10 Å². The highest BCUT2D eigenvalue weighted by atomic mass is 15.2. The zero-order valence-corrected chi connectivity index (χ0v) is 11.2. The van der Waals surface area contributed by atoms with E-state index in [1.54, 1.807) is 0 Å². The van der Waals surface area contributed by atoms with Crippen molar-refractivity contribution in [3.8, 4) is 0 Å². The molecule has 2 saturated heterocycles. The molecular formula is C13H23N5. The minimum absolute atomic E-state index is 0.526. The van der Waals surface area contributed by atoms with Gasteiger partial charge in [0.1, 0.15) is 5.82 Å². The Morgan fingerprint density at radius 1 is 1.22 bits per heavy atom. The van der Waals surface area contributed by atoms with Crippen LogP contribution in [0, 0.1) is 6.92 Å². The van der Waals surface area contributed by atoms with Crippen molar-refractivity contribution < 1.29 is 0 Å². The minimum Gasteiger partial charge on any atom is -0.317 e. The third-order valence-electron chi connectivity index (χ3n) is 4.26. The van der Waals surface area contributed by atoms with E-state index in [4.69, 9.17) is 0 Å². The average molecular weight is 249 g/mol. The molecule has 3 heterocycles. The molecule has 0 aliphatic carbocycles. The number of aryl methyl sites for hydroxylation is 1. The second-order valence-electron chi connectivity index (χ2n) is 5.59. The number of nitrogens with one attached hydrogen (secondary N) is 2. The van der Waals surface area contributed by atoms with Crippen molar-refractivity contribution in [1.29, 1.82) is 0 Å². The molecule has 18 heavy (non-hydrogen) atoms. The fourth-order valence-electron chi connectivity index (χ4n) is 3.26. The molecule has 0 unspecified atom stereocenters. The monoisotopic (exact) mass is 249 g/mol. The summed E-state index contributed by atoms with van der Waals surface area (Å²) in [5.41, 5.74) is 0. The van der Waals surface area contributed by atoms with E-state index < -0.39 is 0 Å². The van der Waals surface area contributed by atoms with Gasteiger partial charge < -0.3 is 5.32 Å². The first kappa shape index (κ1) is 12.1. The molecule has 2 aliphatic heterocycles. The van der Waals surface area contributed by atoms with Gasteiger partial charge in [-0.25, -0.2) is 4.98 Å². The van der Waals surface area contributed by atoms with Crippen LogP contribution in [-0.4, -0.2) is 52.3 Å². The number of nitrogens with zero attached hydrogens (tertiary/aromatic N) is 3. The Morgan fingerprint density at radius 2 is 2.06 bits per heavy atom. The van der Waals surface area contributed by atoms with Crippen LogP contribution in [0.25, 0.3) is 0 Å². The third-order valence-corrected chi connectivity index (χ3v) is 4.26. The second kappa shape index (κ2) is 5.36. The summed E-state index contributed by atoms with van der Waals surface area (Å²) in [6.45, 7) is 6.72. The second-order valence-corrected chi connectivity index (χ2v) is 5.59. The third kappa shape index (κ3) is 2.57. The van der Waals surface area contributed by atoms with Gasteiger partial charge in [0.25, 0.3) is 0 Å². The average Bonchev–Trinajstić information content (AvgIpc) is 2.87. The van der Waals surface area contributed by atoms with Gasteiger partial charge in [-0.3, -0.25) is 10.00 Å². The fourth-order valence-corrected chi connectivity index (χ4v) is 3.26. The van der Waals surface area contributed by atoms with Crippen molar-refractivity contribution in [3.05, 3.63) is 11.6 Å². The van der Waals surface area contributed by atoms with Crippen molar-refractivity contribution >= 4 is 0 Å². The number of hydrogen-bond acceptors (Lipinski definition) is 4. The van der Waals surface area contributed by atoms with Crippen LogP contribution in [-0.2, 0) is 0 Å². The van der Waals surface area contributed by atoms with Crippen molar-refractivity contribution in [1.82, 2.24) is 25.4 Å². The summed E-state index contributed by atoms with van der Waals surface area (Å²) < 4.78 is 0. The molecule has 1 aromatic heterocycles. The number of hydrogen-bond donors (Lipinski definition) is 2. The highest BCUT2D eigenvalue weighted by Gasteiger charge is 2.29. The lowest BCUT2D eigenvalue weighted by Gasteiger charge is -2.39. The molecule has 2 fully saturated rings. The first-order valence-electron chi connectivity index (χ1n) is 7.16. The van der Waals surface area contributed by atoms with E-state index in [9.17, 15) is 0 Å². The smallest absolute Gasteiger partial charge is 0.155 e. The first-order chi connectivity index (χ1) is 8.83. The molecular weight excluding hydrogens is 226 g/mol. The maximum Gasteiger partial charge on any atom is 0.155 e. The van der Waals surface area contributed by atoms with Crippen LogP contribution < -0.4 is 5.32 Å². The van der Waals surface area contributed by atoms with Gasteiger partial charge in [0, 0.05) is 18.5 Å². The van der Waals surface area contributed by atoms with Crippen LogP contribution >= 0.6 is 0 Å². The molecule has 0 bridgehead atoms. The molecule has 1 atom stereocenters. The number of H-pyrrole nitrogens is 1. The lowest BCUT2D eigenvalue weighted by Crippen LogP contribution is -2.47. The summed E-state index contributed by atoms with van der Waals surface area (Å²) in [5, 5.41) is 10.8.